The van der Waals surface area contributed by atoms with Gasteiger partial charge in [-0.15, -0.1) is 11.3 Å². The van der Waals surface area contributed by atoms with Gasteiger partial charge in [0.1, 0.15) is 16.0 Å². The van der Waals surface area contributed by atoms with Gasteiger partial charge in [-0.25, -0.2) is 14.8 Å². The number of amides is 1. The number of anilines is 1. The van der Waals surface area contributed by atoms with Crippen molar-refractivity contribution in [2.75, 3.05) is 33.4 Å². The number of hydrogen-bond donors (Lipinski definition) is 2. The van der Waals surface area contributed by atoms with Crippen molar-refractivity contribution in [1.82, 2.24) is 15.4 Å². The van der Waals surface area contributed by atoms with Gasteiger partial charge >= 0.3 is 5.97 Å². The second-order valence-electron chi connectivity index (χ2n) is 6.17. The summed E-state index contributed by atoms with van der Waals surface area (Å²) in [6, 6.07) is 3.06. The van der Waals surface area contributed by atoms with E-state index in [-0.39, 0.29) is 12.2 Å². The number of benzene rings is 1. The van der Waals surface area contributed by atoms with E-state index in [1.165, 1.54) is 51.1 Å². The van der Waals surface area contributed by atoms with Crippen LogP contribution in [0.5, 0.6) is 17.2 Å². The van der Waals surface area contributed by atoms with Crippen LogP contribution in [0.4, 0.5) is 5.82 Å². The smallest absolute Gasteiger partial charge is 0.348 e. The zero-order valence-electron chi connectivity index (χ0n) is 17.7. The number of thiophene rings is 1. The summed E-state index contributed by atoms with van der Waals surface area (Å²) < 4.78 is 20.9. The maximum atomic E-state index is 12.7. The van der Waals surface area contributed by atoms with E-state index >= 15 is 0 Å². The van der Waals surface area contributed by atoms with Crippen LogP contribution in [0.15, 0.2) is 18.5 Å². The molecule has 0 aliphatic heterocycles. The summed E-state index contributed by atoms with van der Waals surface area (Å²) in [5.41, 5.74) is 6.35. The number of methoxy groups -OCH3 is 3. The number of aryl methyl sites for hydroxylation is 1. The molecule has 3 aromatic rings. The Bertz CT molecular complexity index is 1110. The monoisotopic (exact) mass is 446 g/mol. The lowest BCUT2D eigenvalue weighted by atomic mass is 10.1. The van der Waals surface area contributed by atoms with Gasteiger partial charge in [-0.2, -0.15) is 0 Å². The third kappa shape index (κ3) is 4.31. The molecule has 2 N–H and O–H groups in total. The second-order valence-corrected chi connectivity index (χ2v) is 7.17. The molecule has 10 nitrogen and oxygen atoms in total. The molecule has 11 heteroatoms. The fourth-order valence-electron chi connectivity index (χ4n) is 2.96. The van der Waals surface area contributed by atoms with Crippen LogP contribution in [0, 0.1) is 6.92 Å². The first kappa shape index (κ1) is 22.1. The van der Waals surface area contributed by atoms with Crippen molar-refractivity contribution in [3.63, 3.8) is 0 Å². The van der Waals surface area contributed by atoms with E-state index in [0.29, 0.717) is 43.7 Å². The van der Waals surface area contributed by atoms with Crippen LogP contribution >= 0.6 is 11.3 Å². The zero-order valence-corrected chi connectivity index (χ0v) is 18.5. The highest BCUT2D eigenvalue weighted by Crippen LogP contribution is 2.38. The van der Waals surface area contributed by atoms with Crippen LogP contribution in [-0.2, 0) is 4.74 Å². The molecule has 164 valence electrons. The van der Waals surface area contributed by atoms with Crippen LogP contribution in [0.3, 0.4) is 0 Å². The highest BCUT2D eigenvalue weighted by Gasteiger charge is 2.21. The number of carbonyl (C=O) groups is 2. The fraction of sp³-hybridized carbons (Fsp3) is 0.300. The molecule has 0 bridgehead atoms. The molecular formula is C20H22N4O6S. The molecule has 0 spiro atoms. The highest BCUT2D eigenvalue weighted by atomic mass is 32.1. The number of nitrogens with zero attached hydrogens (tertiary/aromatic N) is 2. The molecule has 0 saturated heterocycles. The van der Waals surface area contributed by atoms with Gasteiger partial charge in [0.25, 0.3) is 5.91 Å². The van der Waals surface area contributed by atoms with Crippen LogP contribution in [-0.4, -0.2) is 49.8 Å². The number of ether oxygens (including phenoxy) is 4. The van der Waals surface area contributed by atoms with Gasteiger partial charge < -0.3 is 18.9 Å². The molecule has 1 amide bonds. The molecule has 0 aliphatic rings. The maximum Gasteiger partial charge on any atom is 0.348 e. The number of aromatic nitrogens is 2. The Morgan fingerprint density at radius 3 is 2.32 bits per heavy atom. The number of rotatable bonds is 8. The Morgan fingerprint density at radius 1 is 1.06 bits per heavy atom. The van der Waals surface area contributed by atoms with E-state index in [0.717, 1.165) is 0 Å². The molecule has 0 radical (unpaired) electrons. The van der Waals surface area contributed by atoms with Gasteiger partial charge in [0.15, 0.2) is 17.3 Å². The summed E-state index contributed by atoms with van der Waals surface area (Å²) in [7, 11) is 4.42. The van der Waals surface area contributed by atoms with Crippen LogP contribution in [0.2, 0.25) is 0 Å². The minimum Gasteiger partial charge on any atom is -0.493 e. The van der Waals surface area contributed by atoms with E-state index in [4.69, 9.17) is 18.9 Å². The standard InChI is InChI=1S/C20H22N4O6S/c1-6-30-20(26)16-10(2)14-17(21-9-22-19(14)31-16)23-24-18(25)11-7-12(27-3)15(29-5)13(8-11)28-4/h7-9H,6H2,1-5H3,(H,24,25)(H,21,22,23). The van der Waals surface area contributed by atoms with Crippen molar-refractivity contribution < 1.29 is 28.5 Å². The topological polar surface area (TPSA) is 121 Å². The van der Waals surface area contributed by atoms with Crippen molar-refractivity contribution in [2.24, 2.45) is 0 Å². The first-order valence-electron chi connectivity index (χ1n) is 9.22. The Kier molecular flexibility index (Phi) is 6.75. The van der Waals surface area contributed by atoms with Crippen molar-refractivity contribution in [3.05, 3.63) is 34.5 Å². The molecule has 2 aromatic heterocycles. The van der Waals surface area contributed by atoms with Crippen molar-refractivity contribution in [3.8, 4) is 17.2 Å². The van der Waals surface area contributed by atoms with Gasteiger partial charge in [0.2, 0.25) is 5.75 Å². The summed E-state index contributed by atoms with van der Waals surface area (Å²) in [5.74, 6) is 0.566. The number of hydrazine groups is 1. The zero-order chi connectivity index (χ0) is 22.5. The summed E-state index contributed by atoms with van der Waals surface area (Å²) in [4.78, 5) is 34.4. The van der Waals surface area contributed by atoms with E-state index < -0.39 is 11.9 Å². The number of esters is 1. The Labute approximate surface area is 182 Å². The van der Waals surface area contributed by atoms with Crippen LogP contribution in [0.25, 0.3) is 10.2 Å². The van der Waals surface area contributed by atoms with Gasteiger partial charge in [-0.1, -0.05) is 0 Å². The minimum absolute atomic E-state index is 0.272. The highest BCUT2D eigenvalue weighted by molar-refractivity contribution is 7.20. The van der Waals surface area contributed by atoms with Crippen molar-refractivity contribution >= 4 is 39.2 Å². The Hall–Kier alpha value is -3.60. The SMILES string of the molecule is CCOC(=O)c1sc2ncnc(NNC(=O)c3cc(OC)c(OC)c(OC)c3)c2c1C. The maximum absolute atomic E-state index is 12.7. The van der Waals surface area contributed by atoms with E-state index in [1.54, 1.807) is 13.8 Å². The quantitative estimate of drug-likeness (QED) is 0.397. The average molecular weight is 446 g/mol. The lowest BCUT2D eigenvalue weighted by Gasteiger charge is -2.14. The molecule has 31 heavy (non-hydrogen) atoms. The van der Waals surface area contributed by atoms with Gasteiger partial charge in [-0.05, 0) is 31.5 Å². The van der Waals surface area contributed by atoms with Crippen LogP contribution in [0.1, 0.15) is 32.5 Å². The second kappa shape index (κ2) is 9.47. The molecular weight excluding hydrogens is 424 g/mol. The molecule has 0 saturated carbocycles. The number of carbonyl (C=O) groups excluding carboxylic acids is 2. The third-order valence-electron chi connectivity index (χ3n) is 4.41. The summed E-state index contributed by atoms with van der Waals surface area (Å²) in [5, 5.41) is 0.626. The van der Waals surface area contributed by atoms with E-state index in [2.05, 4.69) is 20.8 Å². The third-order valence-corrected chi connectivity index (χ3v) is 5.59. The first-order chi connectivity index (χ1) is 14.9. The molecule has 1 aromatic carbocycles. The number of hydrogen-bond acceptors (Lipinski definition) is 10. The van der Waals surface area contributed by atoms with Gasteiger partial charge in [0, 0.05) is 5.56 Å². The Balaban J connectivity index is 1.88. The van der Waals surface area contributed by atoms with Crippen molar-refractivity contribution in [2.45, 2.75) is 13.8 Å². The summed E-state index contributed by atoms with van der Waals surface area (Å²) in [6.45, 7) is 3.79. The molecule has 0 atom stereocenters. The largest absolute Gasteiger partial charge is 0.493 e. The molecule has 0 fully saturated rings. The summed E-state index contributed by atoms with van der Waals surface area (Å²) >= 11 is 1.21. The molecule has 0 unspecified atom stereocenters. The molecule has 0 aliphatic carbocycles. The Morgan fingerprint density at radius 2 is 1.74 bits per heavy atom. The predicted octanol–water partition coefficient (Wildman–Crippen LogP) is 2.96. The average Bonchev–Trinajstić information content (AvgIpc) is 3.13. The fourth-order valence-corrected chi connectivity index (χ4v) is 4.00. The van der Waals surface area contributed by atoms with Crippen molar-refractivity contribution in [1.29, 1.82) is 0 Å². The number of fused-ring (bicyclic) bond motifs is 1. The normalized spacial score (nSPS) is 10.5. The predicted molar refractivity (Wildman–Crippen MR) is 115 cm³/mol. The van der Waals surface area contributed by atoms with E-state index in [1.807, 2.05) is 0 Å². The lowest BCUT2D eigenvalue weighted by Crippen LogP contribution is -2.30. The van der Waals surface area contributed by atoms with Crippen LogP contribution < -0.4 is 25.1 Å². The van der Waals surface area contributed by atoms with Gasteiger partial charge in [0.05, 0.1) is 33.3 Å². The lowest BCUT2D eigenvalue weighted by molar-refractivity contribution is 0.0531. The number of nitrogens with one attached hydrogen (secondary N) is 2. The first-order valence-corrected chi connectivity index (χ1v) is 10.0. The molecule has 2 heterocycles. The minimum atomic E-state index is -0.454. The summed E-state index contributed by atoms with van der Waals surface area (Å²) in [6.07, 6.45) is 1.35. The van der Waals surface area contributed by atoms with E-state index in [9.17, 15) is 9.59 Å². The van der Waals surface area contributed by atoms with Gasteiger partial charge in [-0.3, -0.25) is 15.6 Å². The molecule has 3 rings (SSSR count).